The molecule has 0 aromatic heterocycles. The molecule has 0 aliphatic carbocycles. The van der Waals surface area contributed by atoms with Gasteiger partial charge in [0.2, 0.25) is 18.4 Å². The standard InChI is InChI=1S/C22H24N2O7/c1-27-18-11-15(12-19(28-2)21(18)29-3)22(26)24-8-4-7-23(24)20(25)10-14-5-6-16-17(9-14)31-13-30-16/h5-6,9,11-12H,4,7-8,10,13H2,1-3H3. The van der Waals surface area contributed by atoms with Crippen LogP contribution in [0.25, 0.3) is 0 Å². The fourth-order valence-corrected chi connectivity index (χ4v) is 3.75. The van der Waals surface area contributed by atoms with E-state index in [2.05, 4.69) is 0 Å². The number of hydrazine groups is 1. The van der Waals surface area contributed by atoms with Gasteiger partial charge in [0.1, 0.15) is 0 Å². The number of fused-ring (bicyclic) bond motifs is 1. The molecule has 9 heteroatoms. The molecule has 1 fully saturated rings. The Kier molecular flexibility index (Phi) is 5.75. The summed E-state index contributed by atoms with van der Waals surface area (Å²) in [5, 5.41) is 2.96. The van der Waals surface area contributed by atoms with E-state index in [1.165, 1.54) is 31.3 Å². The lowest BCUT2D eigenvalue weighted by atomic mass is 10.1. The van der Waals surface area contributed by atoms with E-state index in [9.17, 15) is 9.59 Å². The molecule has 4 rings (SSSR count). The lowest BCUT2D eigenvalue weighted by Gasteiger charge is -2.28. The Morgan fingerprint density at radius 2 is 1.58 bits per heavy atom. The van der Waals surface area contributed by atoms with Crippen LogP contribution < -0.4 is 23.7 Å². The van der Waals surface area contributed by atoms with Gasteiger partial charge in [-0.05, 0) is 36.2 Å². The van der Waals surface area contributed by atoms with Crippen LogP contribution in [0, 0.1) is 0 Å². The van der Waals surface area contributed by atoms with Crippen LogP contribution in [-0.2, 0) is 11.2 Å². The molecular weight excluding hydrogens is 404 g/mol. The van der Waals surface area contributed by atoms with E-state index in [1.807, 2.05) is 6.07 Å². The minimum atomic E-state index is -0.309. The van der Waals surface area contributed by atoms with Crippen molar-refractivity contribution in [1.29, 1.82) is 0 Å². The van der Waals surface area contributed by atoms with Gasteiger partial charge in [0, 0.05) is 18.7 Å². The van der Waals surface area contributed by atoms with E-state index >= 15 is 0 Å². The van der Waals surface area contributed by atoms with Crippen molar-refractivity contribution in [1.82, 2.24) is 10.0 Å². The zero-order chi connectivity index (χ0) is 22.0. The molecule has 2 heterocycles. The average Bonchev–Trinajstić information content (AvgIpc) is 3.46. The van der Waals surface area contributed by atoms with Gasteiger partial charge in [-0.15, -0.1) is 0 Å². The van der Waals surface area contributed by atoms with Crippen LogP contribution in [0.15, 0.2) is 30.3 Å². The number of rotatable bonds is 6. The molecule has 31 heavy (non-hydrogen) atoms. The molecule has 2 amide bonds. The van der Waals surface area contributed by atoms with E-state index in [1.54, 1.807) is 24.3 Å². The number of hydrogen-bond donors (Lipinski definition) is 0. The summed E-state index contributed by atoms with van der Waals surface area (Å²) in [6, 6.07) is 8.58. The number of nitrogens with zero attached hydrogens (tertiary/aromatic N) is 2. The number of amides is 2. The van der Waals surface area contributed by atoms with E-state index in [4.69, 9.17) is 23.7 Å². The summed E-state index contributed by atoms with van der Waals surface area (Å²) < 4.78 is 26.7. The first-order chi connectivity index (χ1) is 15.0. The van der Waals surface area contributed by atoms with Crippen molar-refractivity contribution >= 4 is 11.8 Å². The minimum absolute atomic E-state index is 0.148. The van der Waals surface area contributed by atoms with E-state index in [0.717, 1.165) is 5.56 Å². The van der Waals surface area contributed by atoms with Gasteiger partial charge >= 0.3 is 0 Å². The van der Waals surface area contributed by atoms with Crippen molar-refractivity contribution in [3.05, 3.63) is 41.5 Å². The van der Waals surface area contributed by atoms with Gasteiger partial charge in [-0.1, -0.05) is 6.07 Å². The fraction of sp³-hybridized carbons (Fsp3) is 0.364. The SMILES string of the molecule is COc1cc(C(=O)N2CCCN2C(=O)Cc2ccc3c(c2)OCO3)cc(OC)c1OC. The van der Waals surface area contributed by atoms with E-state index in [-0.39, 0.29) is 25.0 Å². The van der Waals surface area contributed by atoms with Crippen molar-refractivity contribution in [2.24, 2.45) is 0 Å². The molecule has 0 N–H and O–H groups in total. The van der Waals surface area contributed by atoms with Crippen LogP contribution in [-0.4, -0.2) is 63.0 Å². The highest BCUT2D eigenvalue weighted by molar-refractivity contribution is 5.97. The van der Waals surface area contributed by atoms with Gasteiger partial charge in [0.15, 0.2) is 23.0 Å². The monoisotopic (exact) mass is 428 g/mol. The molecule has 0 unspecified atom stereocenters. The zero-order valence-electron chi connectivity index (χ0n) is 17.7. The molecular formula is C22H24N2O7. The Hall–Kier alpha value is -3.62. The number of hydrogen-bond acceptors (Lipinski definition) is 7. The summed E-state index contributed by atoms with van der Waals surface area (Å²) in [4.78, 5) is 26.2. The van der Waals surface area contributed by atoms with E-state index < -0.39 is 0 Å². The van der Waals surface area contributed by atoms with Crippen molar-refractivity contribution in [3.63, 3.8) is 0 Å². The van der Waals surface area contributed by atoms with Crippen LogP contribution in [0.2, 0.25) is 0 Å². The highest BCUT2D eigenvalue weighted by Crippen LogP contribution is 2.39. The maximum Gasteiger partial charge on any atom is 0.272 e. The van der Waals surface area contributed by atoms with E-state index in [0.29, 0.717) is 53.8 Å². The van der Waals surface area contributed by atoms with Crippen molar-refractivity contribution in [2.45, 2.75) is 12.8 Å². The van der Waals surface area contributed by atoms with Crippen molar-refractivity contribution in [2.75, 3.05) is 41.2 Å². The number of carbonyl (C=O) groups is 2. The first-order valence-electron chi connectivity index (χ1n) is 9.86. The van der Waals surface area contributed by atoms with Gasteiger partial charge in [-0.3, -0.25) is 14.6 Å². The zero-order valence-corrected chi connectivity index (χ0v) is 17.7. The molecule has 1 saturated heterocycles. The van der Waals surface area contributed by atoms with Gasteiger partial charge in [0.05, 0.1) is 27.8 Å². The highest BCUT2D eigenvalue weighted by atomic mass is 16.7. The quantitative estimate of drug-likeness (QED) is 0.698. The van der Waals surface area contributed by atoms with Gasteiger partial charge < -0.3 is 23.7 Å². The average molecular weight is 428 g/mol. The predicted molar refractivity (Wildman–Crippen MR) is 110 cm³/mol. The smallest absolute Gasteiger partial charge is 0.272 e. The number of ether oxygens (including phenoxy) is 5. The number of benzene rings is 2. The minimum Gasteiger partial charge on any atom is -0.493 e. The normalized spacial score (nSPS) is 14.5. The Morgan fingerprint density at radius 3 is 2.26 bits per heavy atom. The molecule has 164 valence electrons. The molecule has 0 bridgehead atoms. The maximum atomic E-state index is 13.2. The summed E-state index contributed by atoms with van der Waals surface area (Å²) in [6.07, 6.45) is 0.846. The van der Waals surface area contributed by atoms with Crippen LogP contribution in [0.1, 0.15) is 22.3 Å². The summed E-state index contributed by atoms with van der Waals surface area (Å²) >= 11 is 0. The third-order valence-electron chi connectivity index (χ3n) is 5.26. The van der Waals surface area contributed by atoms with Crippen molar-refractivity contribution < 1.29 is 33.3 Å². The van der Waals surface area contributed by atoms with Gasteiger partial charge in [0.25, 0.3) is 5.91 Å². The molecule has 0 atom stereocenters. The lowest BCUT2D eigenvalue weighted by Crippen LogP contribution is -2.45. The van der Waals surface area contributed by atoms with Gasteiger partial charge in [-0.25, -0.2) is 5.01 Å². The van der Waals surface area contributed by atoms with Crippen molar-refractivity contribution in [3.8, 4) is 28.7 Å². The number of methoxy groups -OCH3 is 3. The molecule has 2 aliphatic heterocycles. The fourth-order valence-electron chi connectivity index (χ4n) is 3.75. The van der Waals surface area contributed by atoms with Crippen LogP contribution in [0.3, 0.4) is 0 Å². The first kappa shape index (κ1) is 20.6. The molecule has 2 aromatic rings. The molecule has 2 aromatic carbocycles. The van der Waals surface area contributed by atoms with Crippen LogP contribution in [0.4, 0.5) is 0 Å². The second kappa shape index (κ2) is 8.63. The molecule has 2 aliphatic rings. The number of carbonyl (C=O) groups excluding carboxylic acids is 2. The highest BCUT2D eigenvalue weighted by Gasteiger charge is 2.32. The largest absolute Gasteiger partial charge is 0.493 e. The Bertz CT molecular complexity index is 982. The predicted octanol–water partition coefficient (Wildman–Crippen LogP) is 2.27. The third kappa shape index (κ3) is 3.90. The first-order valence-corrected chi connectivity index (χ1v) is 9.86. The Balaban J connectivity index is 1.54. The molecule has 0 radical (unpaired) electrons. The lowest BCUT2D eigenvalue weighted by molar-refractivity contribution is -0.139. The molecule has 0 spiro atoms. The Morgan fingerprint density at radius 1 is 0.903 bits per heavy atom. The maximum absolute atomic E-state index is 13.2. The second-order valence-electron chi connectivity index (χ2n) is 7.08. The summed E-state index contributed by atoms with van der Waals surface area (Å²) in [7, 11) is 4.48. The summed E-state index contributed by atoms with van der Waals surface area (Å²) in [6.45, 7) is 1.10. The summed E-state index contributed by atoms with van der Waals surface area (Å²) in [5.41, 5.74) is 1.14. The van der Waals surface area contributed by atoms with Crippen LogP contribution >= 0.6 is 0 Å². The topological polar surface area (TPSA) is 86.8 Å². The molecule has 9 nitrogen and oxygen atoms in total. The summed E-state index contributed by atoms with van der Waals surface area (Å²) in [5.74, 6) is 1.96. The Labute approximate surface area is 180 Å². The third-order valence-corrected chi connectivity index (χ3v) is 5.26. The van der Waals surface area contributed by atoms with Crippen LogP contribution in [0.5, 0.6) is 28.7 Å². The van der Waals surface area contributed by atoms with Gasteiger partial charge in [-0.2, -0.15) is 0 Å². The molecule has 0 saturated carbocycles. The second-order valence-corrected chi connectivity index (χ2v) is 7.08.